The van der Waals surface area contributed by atoms with Crippen LogP contribution in [0.4, 0.5) is 0 Å². The van der Waals surface area contributed by atoms with Gasteiger partial charge in [0.05, 0.1) is 4.88 Å². The molecule has 0 unspecified atom stereocenters. The molecule has 2 rings (SSSR count). The summed E-state index contributed by atoms with van der Waals surface area (Å²) in [4.78, 5) is 12.0. The van der Waals surface area contributed by atoms with E-state index in [0.29, 0.717) is 5.92 Å². The van der Waals surface area contributed by atoms with Crippen LogP contribution in [0.5, 0.6) is 0 Å². The average molecular weight is 166 g/mol. The fourth-order valence-electron chi connectivity index (χ4n) is 1.32. The molecule has 0 spiro atoms. The summed E-state index contributed by atoms with van der Waals surface area (Å²) in [7, 11) is 0. The van der Waals surface area contributed by atoms with E-state index in [0.717, 1.165) is 4.88 Å². The number of Topliss-reactive ketones (excluding diaryl/α,β-unsaturated/α-hetero) is 1. The zero-order valence-electron chi connectivity index (χ0n) is 6.46. The van der Waals surface area contributed by atoms with Crippen LogP contribution in [-0.4, -0.2) is 5.78 Å². The Morgan fingerprint density at radius 2 is 2.36 bits per heavy atom. The molecular formula is C9H10OS. The van der Waals surface area contributed by atoms with Gasteiger partial charge in [-0.1, -0.05) is 0 Å². The van der Waals surface area contributed by atoms with Crippen molar-refractivity contribution in [3.8, 4) is 0 Å². The lowest BCUT2D eigenvalue weighted by Crippen LogP contribution is -1.91. The SMILES string of the molecule is CC(=O)c1sccc1C1CC1. The molecule has 0 amide bonds. The fourth-order valence-corrected chi connectivity index (χ4v) is 2.21. The highest BCUT2D eigenvalue weighted by molar-refractivity contribution is 7.12. The van der Waals surface area contributed by atoms with Gasteiger partial charge < -0.3 is 0 Å². The molecule has 1 nitrogen and oxygen atoms in total. The largest absolute Gasteiger partial charge is 0.294 e. The molecule has 0 N–H and O–H groups in total. The lowest BCUT2D eigenvalue weighted by molar-refractivity contribution is 0.102. The number of hydrogen-bond acceptors (Lipinski definition) is 2. The zero-order chi connectivity index (χ0) is 7.84. The Bertz CT molecular complexity index is 284. The number of hydrogen-bond donors (Lipinski definition) is 0. The second-order valence-electron chi connectivity index (χ2n) is 3.04. The Balaban J connectivity index is 2.37. The van der Waals surface area contributed by atoms with Gasteiger partial charge in [0.1, 0.15) is 0 Å². The first kappa shape index (κ1) is 7.04. The molecular weight excluding hydrogens is 156 g/mol. The van der Waals surface area contributed by atoms with Crippen LogP contribution in [0.25, 0.3) is 0 Å². The smallest absolute Gasteiger partial charge is 0.169 e. The number of rotatable bonds is 2. The third-order valence-corrected chi connectivity index (χ3v) is 3.06. The highest BCUT2D eigenvalue weighted by Gasteiger charge is 2.27. The molecule has 1 saturated carbocycles. The minimum Gasteiger partial charge on any atom is -0.294 e. The van der Waals surface area contributed by atoms with Gasteiger partial charge in [0.25, 0.3) is 0 Å². The molecule has 1 heterocycles. The first-order chi connectivity index (χ1) is 5.29. The van der Waals surface area contributed by atoms with E-state index in [-0.39, 0.29) is 5.78 Å². The van der Waals surface area contributed by atoms with Crippen molar-refractivity contribution in [1.82, 2.24) is 0 Å². The van der Waals surface area contributed by atoms with Crippen molar-refractivity contribution in [2.75, 3.05) is 0 Å². The third-order valence-electron chi connectivity index (χ3n) is 2.03. The van der Waals surface area contributed by atoms with Gasteiger partial charge in [-0.3, -0.25) is 4.79 Å². The van der Waals surface area contributed by atoms with Crippen molar-refractivity contribution < 1.29 is 4.79 Å². The molecule has 0 bridgehead atoms. The van der Waals surface area contributed by atoms with Crippen LogP contribution >= 0.6 is 11.3 Å². The molecule has 0 atom stereocenters. The molecule has 1 aliphatic carbocycles. The second kappa shape index (κ2) is 2.45. The maximum Gasteiger partial charge on any atom is 0.169 e. The molecule has 0 radical (unpaired) electrons. The maximum absolute atomic E-state index is 11.1. The molecule has 0 aliphatic heterocycles. The summed E-state index contributed by atoms with van der Waals surface area (Å²) in [6.07, 6.45) is 2.55. The zero-order valence-corrected chi connectivity index (χ0v) is 7.28. The van der Waals surface area contributed by atoms with Crippen LogP contribution in [0, 0.1) is 0 Å². The van der Waals surface area contributed by atoms with E-state index in [1.165, 1.54) is 18.4 Å². The lowest BCUT2D eigenvalue weighted by Gasteiger charge is -1.94. The number of thiophene rings is 1. The standard InChI is InChI=1S/C9H10OS/c1-6(10)9-8(4-5-11-9)7-2-3-7/h4-5,7H,2-3H2,1H3. The molecule has 11 heavy (non-hydrogen) atoms. The van der Waals surface area contributed by atoms with Crippen LogP contribution in [0.3, 0.4) is 0 Å². The number of ketones is 1. The van der Waals surface area contributed by atoms with Gasteiger partial charge in [0, 0.05) is 0 Å². The summed E-state index contributed by atoms with van der Waals surface area (Å²) < 4.78 is 0. The van der Waals surface area contributed by atoms with Crippen molar-refractivity contribution in [2.45, 2.75) is 25.7 Å². The van der Waals surface area contributed by atoms with E-state index in [2.05, 4.69) is 6.07 Å². The Morgan fingerprint density at radius 1 is 1.64 bits per heavy atom. The summed E-state index contributed by atoms with van der Waals surface area (Å²) in [5.74, 6) is 0.932. The van der Waals surface area contributed by atoms with Crippen molar-refractivity contribution in [1.29, 1.82) is 0 Å². The Labute approximate surface area is 70.1 Å². The fraction of sp³-hybridized carbons (Fsp3) is 0.444. The van der Waals surface area contributed by atoms with Crippen molar-refractivity contribution in [3.05, 3.63) is 21.9 Å². The van der Waals surface area contributed by atoms with Gasteiger partial charge in [-0.05, 0) is 42.7 Å². The van der Waals surface area contributed by atoms with Crippen LogP contribution in [0.2, 0.25) is 0 Å². The molecule has 1 aromatic rings. The lowest BCUT2D eigenvalue weighted by atomic mass is 10.1. The second-order valence-corrected chi connectivity index (χ2v) is 3.95. The van der Waals surface area contributed by atoms with E-state index < -0.39 is 0 Å². The van der Waals surface area contributed by atoms with E-state index in [1.807, 2.05) is 5.38 Å². The van der Waals surface area contributed by atoms with Gasteiger partial charge in [-0.2, -0.15) is 0 Å². The van der Waals surface area contributed by atoms with Gasteiger partial charge in [-0.15, -0.1) is 11.3 Å². The normalized spacial score (nSPS) is 16.8. The first-order valence-electron chi connectivity index (χ1n) is 3.87. The van der Waals surface area contributed by atoms with E-state index >= 15 is 0 Å². The summed E-state index contributed by atoms with van der Waals surface area (Å²) >= 11 is 1.58. The monoisotopic (exact) mass is 166 g/mol. The highest BCUT2D eigenvalue weighted by atomic mass is 32.1. The quantitative estimate of drug-likeness (QED) is 0.617. The summed E-state index contributed by atoms with van der Waals surface area (Å²) in [6, 6.07) is 2.10. The molecule has 1 fully saturated rings. The van der Waals surface area contributed by atoms with Gasteiger partial charge in [-0.25, -0.2) is 0 Å². The Morgan fingerprint density at radius 3 is 2.91 bits per heavy atom. The van der Waals surface area contributed by atoms with Crippen LogP contribution in [0.15, 0.2) is 11.4 Å². The minimum atomic E-state index is 0.224. The molecule has 58 valence electrons. The van der Waals surface area contributed by atoms with Gasteiger partial charge >= 0.3 is 0 Å². The first-order valence-corrected chi connectivity index (χ1v) is 4.75. The average Bonchev–Trinajstić information content (AvgIpc) is 2.68. The summed E-state index contributed by atoms with van der Waals surface area (Å²) in [5, 5.41) is 2.02. The van der Waals surface area contributed by atoms with E-state index in [4.69, 9.17) is 0 Å². The molecule has 2 heteroatoms. The van der Waals surface area contributed by atoms with E-state index in [1.54, 1.807) is 18.3 Å². The topological polar surface area (TPSA) is 17.1 Å². The predicted octanol–water partition coefficient (Wildman–Crippen LogP) is 2.83. The van der Waals surface area contributed by atoms with Crippen LogP contribution in [-0.2, 0) is 0 Å². The number of carbonyl (C=O) groups excluding carboxylic acids is 1. The van der Waals surface area contributed by atoms with Crippen molar-refractivity contribution >= 4 is 17.1 Å². The molecule has 0 aromatic carbocycles. The van der Waals surface area contributed by atoms with Crippen LogP contribution < -0.4 is 0 Å². The Hall–Kier alpha value is -0.630. The van der Waals surface area contributed by atoms with Crippen LogP contribution in [0.1, 0.15) is 40.9 Å². The molecule has 1 aromatic heterocycles. The number of carbonyl (C=O) groups is 1. The van der Waals surface area contributed by atoms with Crippen molar-refractivity contribution in [2.24, 2.45) is 0 Å². The van der Waals surface area contributed by atoms with Gasteiger partial charge in [0.15, 0.2) is 5.78 Å². The maximum atomic E-state index is 11.1. The minimum absolute atomic E-state index is 0.224. The molecule has 1 aliphatic rings. The summed E-state index contributed by atoms with van der Waals surface area (Å²) in [5.41, 5.74) is 1.29. The third kappa shape index (κ3) is 1.23. The molecule has 0 saturated heterocycles. The van der Waals surface area contributed by atoms with Gasteiger partial charge in [0.2, 0.25) is 0 Å². The Kier molecular flexibility index (Phi) is 1.57. The summed E-state index contributed by atoms with van der Waals surface area (Å²) in [6.45, 7) is 1.65. The predicted molar refractivity (Wildman–Crippen MR) is 46.3 cm³/mol. The van der Waals surface area contributed by atoms with Crippen molar-refractivity contribution in [3.63, 3.8) is 0 Å². The highest BCUT2D eigenvalue weighted by Crippen LogP contribution is 2.43. The van der Waals surface area contributed by atoms with E-state index in [9.17, 15) is 4.79 Å².